The zero-order chi connectivity index (χ0) is 8.85. The van der Waals surface area contributed by atoms with E-state index < -0.39 is 0 Å². The molecule has 0 aliphatic carbocycles. The Morgan fingerprint density at radius 2 is 2.00 bits per heavy atom. The van der Waals surface area contributed by atoms with Crippen LogP contribution in [0.3, 0.4) is 0 Å². The van der Waals surface area contributed by atoms with Gasteiger partial charge in [0.1, 0.15) is 0 Å². The minimum Gasteiger partial charge on any atom is -0.370 e. The van der Waals surface area contributed by atoms with E-state index in [2.05, 4.69) is 0 Å². The number of rotatable bonds is 4. The molecule has 0 aromatic rings. The van der Waals surface area contributed by atoms with Crippen LogP contribution in [0.1, 0.15) is 20.3 Å². The Morgan fingerprint density at radius 1 is 1.45 bits per heavy atom. The predicted octanol–water partition coefficient (Wildman–Crippen LogP) is -0.270. The standard InChI is InChI=1S/C7H14N2O2/c1-3-9(6(2)10)5-4-7(8)11/h3-5H2,1-2H3,(H2,8,11). The van der Waals surface area contributed by atoms with Crippen LogP contribution in [0, 0.1) is 0 Å². The Bertz CT molecular complexity index is 157. The van der Waals surface area contributed by atoms with Gasteiger partial charge in [-0.2, -0.15) is 0 Å². The number of hydrogen-bond acceptors (Lipinski definition) is 2. The second kappa shape index (κ2) is 4.71. The van der Waals surface area contributed by atoms with Crippen molar-refractivity contribution < 1.29 is 9.59 Å². The number of nitrogens with two attached hydrogens (primary N) is 1. The van der Waals surface area contributed by atoms with E-state index in [4.69, 9.17) is 5.73 Å². The molecular formula is C7H14N2O2. The zero-order valence-electron chi connectivity index (χ0n) is 6.96. The van der Waals surface area contributed by atoms with Gasteiger partial charge < -0.3 is 10.6 Å². The van der Waals surface area contributed by atoms with Crippen LogP contribution in [0.5, 0.6) is 0 Å². The number of carbonyl (C=O) groups is 2. The van der Waals surface area contributed by atoms with Gasteiger partial charge >= 0.3 is 0 Å². The maximum atomic E-state index is 10.8. The minimum atomic E-state index is -0.371. The highest BCUT2D eigenvalue weighted by Gasteiger charge is 2.05. The van der Waals surface area contributed by atoms with Crippen molar-refractivity contribution in [2.24, 2.45) is 5.73 Å². The fraction of sp³-hybridized carbons (Fsp3) is 0.714. The highest BCUT2D eigenvalue weighted by atomic mass is 16.2. The van der Waals surface area contributed by atoms with Crippen molar-refractivity contribution >= 4 is 11.8 Å². The summed E-state index contributed by atoms with van der Waals surface area (Å²) in [5, 5.41) is 0. The summed E-state index contributed by atoms with van der Waals surface area (Å²) in [4.78, 5) is 22.7. The van der Waals surface area contributed by atoms with E-state index >= 15 is 0 Å². The monoisotopic (exact) mass is 158 g/mol. The Hall–Kier alpha value is -1.06. The molecule has 2 amide bonds. The Labute approximate surface area is 66.4 Å². The quantitative estimate of drug-likeness (QED) is 0.612. The molecule has 4 nitrogen and oxygen atoms in total. The van der Waals surface area contributed by atoms with E-state index in [1.54, 1.807) is 4.90 Å². The van der Waals surface area contributed by atoms with Crippen LogP contribution < -0.4 is 5.73 Å². The molecule has 0 saturated heterocycles. The van der Waals surface area contributed by atoms with Crippen molar-refractivity contribution in [1.82, 2.24) is 4.90 Å². The second-order valence-electron chi connectivity index (χ2n) is 2.32. The maximum Gasteiger partial charge on any atom is 0.219 e. The molecule has 0 aromatic carbocycles. The van der Waals surface area contributed by atoms with Crippen molar-refractivity contribution in [3.8, 4) is 0 Å². The molecule has 0 aromatic heterocycles. The van der Waals surface area contributed by atoms with Crippen LogP contribution in [-0.4, -0.2) is 29.8 Å². The Morgan fingerprint density at radius 3 is 2.27 bits per heavy atom. The summed E-state index contributed by atoms with van der Waals surface area (Å²) >= 11 is 0. The van der Waals surface area contributed by atoms with Gasteiger partial charge in [-0.15, -0.1) is 0 Å². The van der Waals surface area contributed by atoms with Crippen LogP contribution in [0.15, 0.2) is 0 Å². The molecule has 0 spiro atoms. The van der Waals surface area contributed by atoms with Gasteiger partial charge in [-0.1, -0.05) is 0 Å². The summed E-state index contributed by atoms with van der Waals surface area (Å²) in [5.41, 5.74) is 4.92. The molecule has 0 aliphatic heterocycles. The summed E-state index contributed by atoms with van der Waals surface area (Å²) < 4.78 is 0. The van der Waals surface area contributed by atoms with Crippen molar-refractivity contribution in [3.63, 3.8) is 0 Å². The number of amides is 2. The number of nitrogens with zero attached hydrogens (tertiary/aromatic N) is 1. The number of hydrogen-bond donors (Lipinski definition) is 1. The fourth-order valence-electron chi connectivity index (χ4n) is 0.783. The molecule has 11 heavy (non-hydrogen) atoms. The van der Waals surface area contributed by atoms with E-state index in [1.807, 2.05) is 6.92 Å². The molecule has 0 saturated carbocycles. The number of primary amides is 1. The average Bonchev–Trinajstić information content (AvgIpc) is 1.87. The van der Waals surface area contributed by atoms with Gasteiger partial charge in [0.2, 0.25) is 11.8 Å². The van der Waals surface area contributed by atoms with Crippen molar-refractivity contribution in [1.29, 1.82) is 0 Å². The smallest absolute Gasteiger partial charge is 0.219 e. The van der Waals surface area contributed by atoms with Crippen LogP contribution >= 0.6 is 0 Å². The first-order valence-corrected chi connectivity index (χ1v) is 3.61. The van der Waals surface area contributed by atoms with Gasteiger partial charge in [0, 0.05) is 26.4 Å². The highest BCUT2D eigenvalue weighted by molar-refractivity contribution is 5.76. The SMILES string of the molecule is CCN(CCC(N)=O)C(C)=O. The maximum absolute atomic E-state index is 10.8. The van der Waals surface area contributed by atoms with Crippen LogP contribution in [0.2, 0.25) is 0 Å². The molecule has 0 heterocycles. The minimum absolute atomic E-state index is 0.0197. The third-order valence-corrected chi connectivity index (χ3v) is 1.46. The molecule has 0 atom stereocenters. The lowest BCUT2D eigenvalue weighted by Gasteiger charge is -2.17. The Balaban J connectivity index is 3.70. The molecule has 0 aliphatic rings. The molecular weight excluding hydrogens is 144 g/mol. The van der Waals surface area contributed by atoms with Crippen LogP contribution in [0.25, 0.3) is 0 Å². The Kier molecular flexibility index (Phi) is 4.26. The summed E-state index contributed by atoms with van der Waals surface area (Å²) in [6, 6.07) is 0. The van der Waals surface area contributed by atoms with E-state index in [9.17, 15) is 9.59 Å². The van der Waals surface area contributed by atoms with Crippen LogP contribution in [-0.2, 0) is 9.59 Å². The molecule has 0 rings (SSSR count). The predicted molar refractivity (Wildman–Crippen MR) is 41.7 cm³/mol. The molecule has 0 bridgehead atoms. The molecule has 0 unspecified atom stereocenters. The topological polar surface area (TPSA) is 63.4 Å². The molecule has 64 valence electrons. The largest absolute Gasteiger partial charge is 0.370 e. The van der Waals surface area contributed by atoms with Crippen LogP contribution in [0.4, 0.5) is 0 Å². The molecule has 0 radical (unpaired) electrons. The number of carbonyl (C=O) groups excluding carboxylic acids is 2. The summed E-state index contributed by atoms with van der Waals surface area (Å²) in [6.07, 6.45) is 0.243. The third-order valence-electron chi connectivity index (χ3n) is 1.46. The lowest BCUT2D eigenvalue weighted by molar-refractivity contribution is -0.129. The first kappa shape index (κ1) is 9.94. The van der Waals surface area contributed by atoms with Gasteiger partial charge in [0.05, 0.1) is 0 Å². The third kappa shape index (κ3) is 4.36. The normalized spacial score (nSPS) is 9.27. The first-order chi connectivity index (χ1) is 5.07. The van der Waals surface area contributed by atoms with Gasteiger partial charge in [-0.25, -0.2) is 0 Å². The van der Waals surface area contributed by atoms with E-state index in [0.717, 1.165) is 0 Å². The fourth-order valence-corrected chi connectivity index (χ4v) is 0.783. The molecule has 2 N–H and O–H groups in total. The second-order valence-corrected chi connectivity index (χ2v) is 2.32. The summed E-state index contributed by atoms with van der Waals surface area (Å²) in [7, 11) is 0. The highest BCUT2D eigenvalue weighted by Crippen LogP contribution is 1.90. The molecule has 0 fully saturated rings. The zero-order valence-corrected chi connectivity index (χ0v) is 6.96. The van der Waals surface area contributed by atoms with E-state index in [0.29, 0.717) is 13.1 Å². The average molecular weight is 158 g/mol. The lowest BCUT2D eigenvalue weighted by atomic mass is 10.3. The van der Waals surface area contributed by atoms with Gasteiger partial charge in [0.15, 0.2) is 0 Å². The molecule has 4 heteroatoms. The van der Waals surface area contributed by atoms with E-state index in [1.165, 1.54) is 6.92 Å². The van der Waals surface area contributed by atoms with Gasteiger partial charge in [-0.3, -0.25) is 9.59 Å². The lowest BCUT2D eigenvalue weighted by Crippen LogP contribution is -2.31. The van der Waals surface area contributed by atoms with Crippen molar-refractivity contribution in [3.05, 3.63) is 0 Å². The van der Waals surface area contributed by atoms with E-state index in [-0.39, 0.29) is 18.2 Å². The van der Waals surface area contributed by atoms with Crippen molar-refractivity contribution in [2.75, 3.05) is 13.1 Å². The summed E-state index contributed by atoms with van der Waals surface area (Å²) in [6.45, 7) is 4.40. The van der Waals surface area contributed by atoms with Crippen molar-refractivity contribution in [2.45, 2.75) is 20.3 Å². The first-order valence-electron chi connectivity index (χ1n) is 3.61. The van der Waals surface area contributed by atoms with Gasteiger partial charge in [0.25, 0.3) is 0 Å². The summed E-state index contributed by atoms with van der Waals surface area (Å²) in [5.74, 6) is -0.390. The van der Waals surface area contributed by atoms with Gasteiger partial charge in [-0.05, 0) is 6.92 Å².